The molecule has 0 radical (unpaired) electrons. The van der Waals surface area contributed by atoms with Crippen LogP contribution in [-0.4, -0.2) is 44.4 Å². The molecule has 0 bridgehead atoms. The first kappa shape index (κ1) is 17.5. The van der Waals surface area contributed by atoms with Crippen LogP contribution in [0, 0.1) is 11.6 Å². The van der Waals surface area contributed by atoms with Crippen molar-refractivity contribution < 1.29 is 23.4 Å². The van der Waals surface area contributed by atoms with E-state index in [1.54, 1.807) is 7.11 Å². The maximum atomic E-state index is 13.0. The molecule has 1 amide bonds. The van der Waals surface area contributed by atoms with E-state index in [0.29, 0.717) is 19.7 Å². The average molecular weight is 302 g/mol. The molecule has 1 aromatic carbocycles. The van der Waals surface area contributed by atoms with E-state index in [9.17, 15) is 18.7 Å². The first-order chi connectivity index (χ1) is 10.0. The number of rotatable bonds is 9. The molecule has 0 saturated heterocycles. The quantitative estimate of drug-likeness (QED) is 0.589. The SMILES string of the molecule is COCCNC(=O)CCNCC(O)c1ccc(F)c(F)c1. The smallest absolute Gasteiger partial charge is 0.221 e. The lowest BCUT2D eigenvalue weighted by molar-refractivity contribution is -0.121. The van der Waals surface area contributed by atoms with Gasteiger partial charge in [-0.25, -0.2) is 8.78 Å². The number of amides is 1. The number of carbonyl (C=O) groups is 1. The molecule has 21 heavy (non-hydrogen) atoms. The van der Waals surface area contributed by atoms with Crippen LogP contribution >= 0.6 is 0 Å². The molecule has 1 atom stereocenters. The zero-order valence-electron chi connectivity index (χ0n) is 11.9. The van der Waals surface area contributed by atoms with Gasteiger partial charge in [-0.1, -0.05) is 6.07 Å². The number of aliphatic hydroxyl groups excluding tert-OH is 1. The van der Waals surface area contributed by atoms with Gasteiger partial charge in [-0.2, -0.15) is 0 Å². The van der Waals surface area contributed by atoms with Gasteiger partial charge in [-0.05, 0) is 17.7 Å². The monoisotopic (exact) mass is 302 g/mol. The number of ether oxygens (including phenoxy) is 1. The van der Waals surface area contributed by atoms with Crippen LogP contribution in [0.25, 0.3) is 0 Å². The van der Waals surface area contributed by atoms with Gasteiger partial charge < -0.3 is 20.5 Å². The summed E-state index contributed by atoms with van der Waals surface area (Å²) in [5.74, 6) is -2.07. The van der Waals surface area contributed by atoms with Crippen LogP contribution in [-0.2, 0) is 9.53 Å². The van der Waals surface area contributed by atoms with Gasteiger partial charge in [0.05, 0.1) is 12.7 Å². The van der Waals surface area contributed by atoms with Crippen LogP contribution in [0.5, 0.6) is 0 Å². The molecule has 1 unspecified atom stereocenters. The predicted molar refractivity (Wildman–Crippen MR) is 73.7 cm³/mol. The van der Waals surface area contributed by atoms with E-state index in [4.69, 9.17) is 4.74 Å². The number of hydrogen-bond acceptors (Lipinski definition) is 4. The summed E-state index contributed by atoms with van der Waals surface area (Å²) >= 11 is 0. The summed E-state index contributed by atoms with van der Waals surface area (Å²) in [4.78, 5) is 11.4. The lowest BCUT2D eigenvalue weighted by Crippen LogP contribution is -2.31. The van der Waals surface area contributed by atoms with Gasteiger partial charge in [0.2, 0.25) is 5.91 Å². The third kappa shape index (κ3) is 6.61. The lowest BCUT2D eigenvalue weighted by atomic mass is 10.1. The molecular formula is C14H20F2N2O3. The minimum absolute atomic E-state index is 0.123. The van der Waals surface area contributed by atoms with E-state index in [0.717, 1.165) is 12.1 Å². The molecule has 1 rings (SSSR count). The second-order valence-electron chi connectivity index (χ2n) is 4.49. The van der Waals surface area contributed by atoms with Crippen molar-refractivity contribution in [2.45, 2.75) is 12.5 Å². The molecule has 3 N–H and O–H groups in total. The molecule has 5 nitrogen and oxygen atoms in total. The number of carbonyl (C=O) groups excluding carboxylic acids is 1. The van der Waals surface area contributed by atoms with Gasteiger partial charge in [0, 0.05) is 33.2 Å². The van der Waals surface area contributed by atoms with Crippen molar-refractivity contribution in [2.24, 2.45) is 0 Å². The summed E-state index contributed by atoms with van der Waals surface area (Å²) in [5.41, 5.74) is 0.283. The van der Waals surface area contributed by atoms with Crippen LogP contribution in [0.15, 0.2) is 18.2 Å². The number of methoxy groups -OCH3 is 1. The van der Waals surface area contributed by atoms with E-state index in [-0.39, 0.29) is 24.4 Å². The second-order valence-corrected chi connectivity index (χ2v) is 4.49. The highest BCUT2D eigenvalue weighted by Gasteiger charge is 2.10. The molecule has 0 aromatic heterocycles. The molecule has 0 aliphatic carbocycles. The molecule has 1 aromatic rings. The number of nitrogens with one attached hydrogen (secondary N) is 2. The van der Waals surface area contributed by atoms with Crippen LogP contribution in [0.3, 0.4) is 0 Å². The number of halogens is 2. The van der Waals surface area contributed by atoms with Gasteiger partial charge in [0.25, 0.3) is 0 Å². The Bertz CT molecular complexity index is 458. The minimum atomic E-state index is -0.996. The molecule has 0 aliphatic heterocycles. The number of aliphatic hydroxyl groups is 1. The summed E-state index contributed by atoms with van der Waals surface area (Å²) in [5, 5.41) is 15.3. The van der Waals surface area contributed by atoms with Gasteiger partial charge in [-0.3, -0.25) is 4.79 Å². The Balaban J connectivity index is 2.22. The Labute approximate surface area is 122 Å². The molecule has 118 valence electrons. The normalized spacial score (nSPS) is 12.2. The third-order valence-electron chi connectivity index (χ3n) is 2.82. The Kier molecular flexibility index (Phi) is 7.81. The highest BCUT2D eigenvalue weighted by Crippen LogP contribution is 2.15. The van der Waals surface area contributed by atoms with Crippen molar-refractivity contribution in [3.8, 4) is 0 Å². The van der Waals surface area contributed by atoms with Crippen LogP contribution in [0.1, 0.15) is 18.1 Å². The van der Waals surface area contributed by atoms with Gasteiger partial charge in [0.1, 0.15) is 0 Å². The first-order valence-corrected chi connectivity index (χ1v) is 6.64. The molecule has 0 fully saturated rings. The van der Waals surface area contributed by atoms with Crippen LogP contribution in [0.4, 0.5) is 8.78 Å². The standard InChI is InChI=1S/C14H20F2N2O3/c1-21-7-6-18-14(20)4-5-17-9-13(19)10-2-3-11(15)12(16)8-10/h2-3,8,13,17,19H,4-7,9H2,1H3,(H,18,20). The Morgan fingerprint density at radius 3 is 2.76 bits per heavy atom. The summed E-state index contributed by atoms with van der Waals surface area (Å²) < 4.78 is 30.6. The van der Waals surface area contributed by atoms with Gasteiger partial charge >= 0.3 is 0 Å². The number of hydrogen-bond donors (Lipinski definition) is 3. The van der Waals surface area contributed by atoms with Crippen molar-refractivity contribution >= 4 is 5.91 Å². The highest BCUT2D eigenvalue weighted by molar-refractivity contribution is 5.75. The average Bonchev–Trinajstić information content (AvgIpc) is 2.46. The van der Waals surface area contributed by atoms with Gasteiger partial charge in [0.15, 0.2) is 11.6 Å². The summed E-state index contributed by atoms with van der Waals surface area (Å²) in [6, 6.07) is 3.25. The second kappa shape index (κ2) is 9.38. The van der Waals surface area contributed by atoms with E-state index < -0.39 is 17.7 Å². The first-order valence-electron chi connectivity index (χ1n) is 6.64. The van der Waals surface area contributed by atoms with E-state index >= 15 is 0 Å². The fourth-order valence-electron chi connectivity index (χ4n) is 1.66. The molecule has 0 saturated carbocycles. The fourth-order valence-corrected chi connectivity index (χ4v) is 1.66. The summed E-state index contributed by atoms with van der Waals surface area (Å²) in [7, 11) is 1.55. The molecule has 0 spiro atoms. The summed E-state index contributed by atoms with van der Waals surface area (Å²) in [6.07, 6.45) is -0.703. The summed E-state index contributed by atoms with van der Waals surface area (Å²) in [6.45, 7) is 1.43. The van der Waals surface area contributed by atoms with Crippen LogP contribution < -0.4 is 10.6 Å². The van der Waals surface area contributed by atoms with Crippen molar-refractivity contribution in [2.75, 3.05) is 33.4 Å². The maximum absolute atomic E-state index is 13.0. The molecular weight excluding hydrogens is 282 g/mol. The Hall–Kier alpha value is -1.57. The molecule has 7 heteroatoms. The van der Waals surface area contributed by atoms with Crippen molar-refractivity contribution in [3.05, 3.63) is 35.4 Å². The van der Waals surface area contributed by atoms with E-state index in [1.807, 2.05) is 0 Å². The lowest BCUT2D eigenvalue weighted by Gasteiger charge is -2.12. The fraction of sp³-hybridized carbons (Fsp3) is 0.500. The Morgan fingerprint density at radius 1 is 1.33 bits per heavy atom. The highest BCUT2D eigenvalue weighted by atomic mass is 19.2. The Morgan fingerprint density at radius 2 is 2.10 bits per heavy atom. The van der Waals surface area contributed by atoms with E-state index in [2.05, 4.69) is 10.6 Å². The van der Waals surface area contributed by atoms with Gasteiger partial charge in [-0.15, -0.1) is 0 Å². The third-order valence-corrected chi connectivity index (χ3v) is 2.82. The largest absolute Gasteiger partial charge is 0.387 e. The minimum Gasteiger partial charge on any atom is -0.387 e. The zero-order valence-corrected chi connectivity index (χ0v) is 11.9. The maximum Gasteiger partial charge on any atom is 0.221 e. The molecule has 0 heterocycles. The van der Waals surface area contributed by atoms with Crippen LogP contribution in [0.2, 0.25) is 0 Å². The zero-order chi connectivity index (χ0) is 15.7. The van der Waals surface area contributed by atoms with E-state index in [1.165, 1.54) is 6.07 Å². The molecule has 0 aliphatic rings. The van der Waals surface area contributed by atoms with Crippen molar-refractivity contribution in [3.63, 3.8) is 0 Å². The van der Waals surface area contributed by atoms with Crippen molar-refractivity contribution in [1.29, 1.82) is 0 Å². The number of benzene rings is 1. The van der Waals surface area contributed by atoms with Crippen molar-refractivity contribution in [1.82, 2.24) is 10.6 Å². The topological polar surface area (TPSA) is 70.6 Å². The predicted octanol–water partition coefficient (Wildman–Crippen LogP) is 0.741.